The molecule has 8 rings (SSSR count). The maximum absolute atomic E-state index is 13.3. The first kappa shape index (κ1) is 49.4. The van der Waals surface area contributed by atoms with Crippen molar-refractivity contribution >= 4 is 53.9 Å². The molecule has 0 amide bonds. The van der Waals surface area contributed by atoms with Gasteiger partial charge in [0.25, 0.3) is 0 Å². The molecule has 5 aromatic carbocycles. The molecule has 1 fully saturated rings. The summed E-state index contributed by atoms with van der Waals surface area (Å²) in [5.41, 5.74) is 1.33. The SMILES string of the molecule is Cl.Cl.O=C(OC1Cc2c(O)cc(O)cc2OC1c1ccc(O)c(O)c1)c1cc(O)c(O)c(O)c1.OCCN1CCN(CCCN2c3ccccc3Sc3ccc(C(F)(F)F)cc32)CC1. The monoisotopic (exact) mass is 951 g/mol. The molecule has 0 aliphatic carbocycles. The van der Waals surface area contributed by atoms with Crippen molar-refractivity contribution < 1.29 is 68.3 Å². The minimum absolute atomic E-state index is 0. The van der Waals surface area contributed by atoms with Crippen LogP contribution in [0.25, 0.3) is 0 Å². The molecular formula is C44H46Cl2F3N3O11S. The highest BCUT2D eigenvalue weighted by Crippen LogP contribution is 2.50. The van der Waals surface area contributed by atoms with E-state index in [0.29, 0.717) is 24.3 Å². The van der Waals surface area contributed by atoms with Gasteiger partial charge in [0.15, 0.2) is 34.9 Å². The van der Waals surface area contributed by atoms with Crippen molar-refractivity contribution in [2.75, 3.05) is 57.3 Å². The first-order valence-corrected chi connectivity index (χ1v) is 20.4. The normalized spacial score (nSPS) is 16.9. The summed E-state index contributed by atoms with van der Waals surface area (Å²) in [5, 5.41) is 77.3. The van der Waals surface area contributed by atoms with E-state index in [1.807, 2.05) is 29.2 Å². The number of aliphatic hydroxyl groups is 1. The average Bonchev–Trinajstić information content (AvgIpc) is 3.23. The topological polar surface area (TPSA) is 207 Å². The number of hydrogen-bond acceptors (Lipinski definition) is 15. The number of aromatic hydroxyl groups is 7. The molecule has 64 heavy (non-hydrogen) atoms. The molecule has 8 N–H and O–H groups in total. The summed E-state index contributed by atoms with van der Waals surface area (Å²) in [6.07, 6.45) is -5.60. The number of phenolic OH excluding ortho intramolecular Hbond substituents is 7. The van der Waals surface area contributed by atoms with Gasteiger partial charge in [0, 0.05) is 78.7 Å². The fourth-order valence-corrected chi connectivity index (χ4v) is 8.63. The first-order chi connectivity index (χ1) is 29.6. The van der Waals surface area contributed by atoms with Crippen LogP contribution in [0.3, 0.4) is 0 Å². The summed E-state index contributed by atoms with van der Waals surface area (Å²) in [6.45, 7) is 6.29. The Balaban J connectivity index is 0.000000234. The van der Waals surface area contributed by atoms with Crippen LogP contribution in [0, 0.1) is 0 Å². The number of halogens is 5. The maximum atomic E-state index is 13.3. The van der Waals surface area contributed by atoms with Gasteiger partial charge in [0.2, 0.25) is 0 Å². The first-order valence-electron chi connectivity index (χ1n) is 19.6. The van der Waals surface area contributed by atoms with Crippen molar-refractivity contribution in [2.24, 2.45) is 0 Å². The van der Waals surface area contributed by atoms with E-state index in [2.05, 4.69) is 9.80 Å². The molecule has 2 atom stereocenters. The third kappa shape index (κ3) is 11.2. The fraction of sp³-hybridized carbons (Fsp3) is 0.295. The Kier molecular flexibility index (Phi) is 16.1. The third-order valence-corrected chi connectivity index (χ3v) is 11.9. The zero-order valence-electron chi connectivity index (χ0n) is 33.8. The number of phenols is 7. The average molecular weight is 953 g/mol. The molecule has 3 heterocycles. The Morgan fingerprint density at radius 1 is 0.719 bits per heavy atom. The number of fused-ring (bicyclic) bond motifs is 3. The summed E-state index contributed by atoms with van der Waals surface area (Å²) in [7, 11) is 0. The Hall–Kier alpha value is -5.63. The van der Waals surface area contributed by atoms with Gasteiger partial charge in [-0.2, -0.15) is 13.2 Å². The molecule has 14 nitrogen and oxygen atoms in total. The van der Waals surface area contributed by atoms with E-state index in [1.165, 1.54) is 48.2 Å². The number of ether oxygens (including phenoxy) is 2. The Morgan fingerprint density at radius 2 is 1.38 bits per heavy atom. The molecule has 3 aliphatic rings. The summed E-state index contributed by atoms with van der Waals surface area (Å²) in [5.74, 6) is -4.43. The van der Waals surface area contributed by atoms with Crippen molar-refractivity contribution in [3.05, 3.63) is 107 Å². The number of benzene rings is 5. The minimum Gasteiger partial charge on any atom is -0.508 e. The molecule has 0 spiro atoms. The Bertz CT molecular complexity index is 2420. The largest absolute Gasteiger partial charge is 0.508 e. The second-order valence-electron chi connectivity index (χ2n) is 14.9. The number of anilines is 2. The number of para-hydroxylation sites is 1. The van der Waals surface area contributed by atoms with Crippen LogP contribution in [-0.2, 0) is 17.3 Å². The lowest BCUT2D eigenvalue weighted by Gasteiger charge is -2.36. The number of nitrogens with zero attached hydrogens (tertiary/aromatic N) is 3. The van der Waals surface area contributed by atoms with Crippen molar-refractivity contribution in [2.45, 2.75) is 41.0 Å². The molecule has 2 unspecified atom stereocenters. The standard InChI is InChI=1S/C22H26F3N3OS.C22H18O10.2ClH/c23-22(24,25)17-6-7-21-19(16-17)28(18-4-1-2-5-20(18)30-21)9-3-8-26-10-12-27(13-11-26)14-15-29;23-11-6-14(25)12-8-19(32-22(30)10-4-16(27)20(29)17(28)5-10)21(31-18(12)7-11)9-1-2-13(24)15(26)3-9;;/h1-2,4-7,16,29H,3,8-15H2;1-7,19,21,23-29H,8H2;2*1H. The lowest BCUT2D eigenvalue weighted by molar-refractivity contribution is -0.137. The summed E-state index contributed by atoms with van der Waals surface area (Å²) in [6, 6.07) is 20.0. The van der Waals surface area contributed by atoms with Gasteiger partial charge in [-0.25, -0.2) is 4.79 Å². The Morgan fingerprint density at radius 3 is 2.03 bits per heavy atom. The lowest BCUT2D eigenvalue weighted by Crippen LogP contribution is -2.47. The van der Waals surface area contributed by atoms with Crippen LogP contribution in [0.5, 0.6) is 46.0 Å². The molecule has 0 aromatic heterocycles. The van der Waals surface area contributed by atoms with Gasteiger partial charge < -0.3 is 60.1 Å². The van der Waals surface area contributed by atoms with Gasteiger partial charge in [-0.1, -0.05) is 30.0 Å². The van der Waals surface area contributed by atoms with Crippen molar-refractivity contribution in [3.63, 3.8) is 0 Å². The van der Waals surface area contributed by atoms with Gasteiger partial charge in [-0.15, -0.1) is 24.8 Å². The highest BCUT2D eigenvalue weighted by Gasteiger charge is 2.37. The number of aliphatic hydroxyl groups excluding tert-OH is 1. The highest BCUT2D eigenvalue weighted by atomic mass is 35.5. The van der Waals surface area contributed by atoms with E-state index < -0.39 is 52.9 Å². The predicted molar refractivity (Wildman–Crippen MR) is 235 cm³/mol. The van der Waals surface area contributed by atoms with E-state index in [0.717, 1.165) is 72.8 Å². The van der Waals surface area contributed by atoms with Gasteiger partial charge in [0.05, 0.1) is 29.1 Å². The molecule has 1 saturated heterocycles. The number of hydrogen-bond donors (Lipinski definition) is 8. The van der Waals surface area contributed by atoms with Crippen molar-refractivity contribution in [1.82, 2.24) is 9.80 Å². The number of β-amino-alcohol motifs (C(OH)–C–C–N with tert-alkyl or cyclic N) is 1. The summed E-state index contributed by atoms with van der Waals surface area (Å²) in [4.78, 5) is 21.3. The predicted octanol–water partition coefficient (Wildman–Crippen LogP) is 7.68. The minimum atomic E-state index is -4.35. The smallest absolute Gasteiger partial charge is 0.416 e. The second kappa shape index (κ2) is 20.9. The van der Waals surface area contributed by atoms with Gasteiger partial charge in [-0.05, 0) is 67.6 Å². The van der Waals surface area contributed by atoms with E-state index in [4.69, 9.17) is 14.6 Å². The molecular weight excluding hydrogens is 906 g/mol. The summed E-state index contributed by atoms with van der Waals surface area (Å²) < 4.78 is 51.3. The van der Waals surface area contributed by atoms with Crippen LogP contribution in [0.15, 0.2) is 94.7 Å². The van der Waals surface area contributed by atoms with Crippen LogP contribution in [-0.4, -0.2) is 115 Å². The van der Waals surface area contributed by atoms with Crippen LogP contribution in [0.2, 0.25) is 0 Å². The van der Waals surface area contributed by atoms with E-state index in [9.17, 15) is 53.7 Å². The van der Waals surface area contributed by atoms with Gasteiger partial charge >= 0.3 is 12.1 Å². The quantitative estimate of drug-likeness (QED) is 0.0527. The van der Waals surface area contributed by atoms with Crippen molar-refractivity contribution in [3.8, 4) is 46.0 Å². The number of esters is 1. The Labute approximate surface area is 382 Å². The molecule has 3 aliphatic heterocycles. The van der Waals surface area contributed by atoms with Crippen molar-refractivity contribution in [1.29, 1.82) is 0 Å². The van der Waals surface area contributed by atoms with Gasteiger partial charge in [0.1, 0.15) is 23.4 Å². The highest BCUT2D eigenvalue weighted by molar-refractivity contribution is 7.99. The fourth-order valence-electron chi connectivity index (χ4n) is 7.56. The zero-order chi connectivity index (χ0) is 44.3. The van der Waals surface area contributed by atoms with E-state index in [-0.39, 0.29) is 72.0 Å². The van der Waals surface area contributed by atoms with Crippen LogP contribution in [0.1, 0.15) is 39.6 Å². The molecule has 0 saturated carbocycles. The second-order valence-corrected chi connectivity index (χ2v) is 16.0. The number of carbonyl (C=O) groups is 1. The molecule has 5 aromatic rings. The molecule has 0 bridgehead atoms. The number of piperazine rings is 1. The van der Waals surface area contributed by atoms with Gasteiger partial charge in [-0.3, -0.25) is 4.90 Å². The van der Waals surface area contributed by atoms with Crippen LogP contribution < -0.4 is 9.64 Å². The number of rotatable bonds is 9. The lowest BCUT2D eigenvalue weighted by atomic mass is 9.93. The van der Waals surface area contributed by atoms with E-state index >= 15 is 0 Å². The molecule has 0 radical (unpaired) electrons. The van der Waals surface area contributed by atoms with Crippen LogP contribution >= 0.6 is 36.6 Å². The number of alkyl halides is 3. The molecule has 20 heteroatoms. The summed E-state index contributed by atoms with van der Waals surface area (Å²) >= 11 is 1.53. The molecule has 344 valence electrons. The third-order valence-electron chi connectivity index (χ3n) is 10.7. The zero-order valence-corrected chi connectivity index (χ0v) is 36.3. The maximum Gasteiger partial charge on any atom is 0.416 e. The number of carbonyl (C=O) groups excluding carboxylic acids is 1. The van der Waals surface area contributed by atoms with Crippen LogP contribution in [0.4, 0.5) is 24.5 Å². The van der Waals surface area contributed by atoms with E-state index in [1.54, 1.807) is 6.07 Å².